The van der Waals surface area contributed by atoms with E-state index >= 15 is 0 Å². The fourth-order valence-corrected chi connectivity index (χ4v) is 2.72. The molecule has 1 amide bonds. The van der Waals surface area contributed by atoms with E-state index < -0.39 is 0 Å². The van der Waals surface area contributed by atoms with Crippen molar-refractivity contribution < 1.29 is 4.79 Å². The van der Waals surface area contributed by atoms with Crippen LogP contribution in [0, 0.1) is 0 Å². The number of amides is 1. The molecule has 0 unspecified atom stereocenters. The predicted octanol–water partition coefficient (Wildman–Crippen LogP) is 0.875. The predicted molar refractivity (Wildman–Crippen MR) is 74.0 cm³/mol. The number of rotatable bonds is 2. The Morgan fingerprint density at radius 1 is 1.06 bits per heavy atom. The second-order valence-electron chi connectivity index (χ2n) is 4.56. The van der Waals surface area contributed by atoms with E-state index in [1.807, 2.05) is 4.90 Å². The van der Waals surface area contributed by atoms with E-state index in [9.17, 15) is 4.79 Å². The summed E-state index contributed by atoms with van der Waals surface area (Å²) < 4.78 is 0. The first kappa shape index (κ1) is 17.0. The number of likely N-dealkylation sites (tertiary alicyclic amines) is 2. The van der Waals surface area contributed by atoms with E-state index in [2.05, 4.69) is 4.90 Å². The number of hydrogen-bond acceptors (Lipinski definition) is 3. The summed E-state index contributed by atoms with van der Waals surface area (Å²) in [6.07, 6.45) is 4.96. The van der Waals surface area contributed by atoms with Crippen LogP contribution in [0.3, 0.4) is 0 Å². The molecule has 2 fully saturated rings. The van der Waals surface area contributed by atoms with Crippen LogP contribution in [0.2, 0.25) is 0 Å². The number of carbonyl (C=O) groups is 1. The maximum atomic E-state index is 11.4. The van der Waals surface area contributed by atoms with Crippen LogP contribution >= 0.6 is 24.8 Å². The highest BCUT2D eigenvalue weighted by atomic mass is 35.5. The lowest BCUT2D eigenvalue weighted by Gasteiger charge is -2.36. The maximum absolute atomic E-state index is 11.4. The van der Waals surface area contributed by atoms with Gasteiger partial charge in [0.1, 0.15) is 0 Å². The molecule has 0 atom stereocenters. The van der Waals surface area contributed by atoms with Gasteiger partial charge < -0.3 is 15.5 Å². The summed E-state index contributed by atoms with van der Waals surface area (Å²) in [5.41, 5.74) is 5.36. The Hall–Kier alpha value is -0.0300. The SMILES string of the molecule is Cl.Cl.NCC(=O)N1CCC(N2CCCC2)CC1. The molecule has 0 aromatic carbocycles. The Morgan fingerprint density at radius 2 is 1.59 bits per heavy atom. The molecule has 4 nitrogen and oxygen atoms in total. The summed E-state index contributed by atoms with van der Waals surface area (Å²) in [5.74, 6) is 0.106. The molecule has 102 valence electrons. The van der Waals surface area contributed by atoms with E-state index in [0.717, 1.165) is 25.9 Å². The van der Waals surface area contributed by atoms with Gasteiger partial charge in [0.25, 0.3) is 0 Å². The van der Waals surface area contributed by atoms with Gasteiger partial charge in [0.2, 0.25) is 5.91 Å². The molecule has 0 bridgehead atoms. The molecule has 2 N–H and O–H groups in total. The molecule has 0 aromatic rings. The summed E-state index contributed by atoms with van der Waals surface area (Å²) >= 11 is 0. The molecule has 0 spiro atoms. The van der Waals surface area contributed by atoms with Crippen LogP contribution in [0.5, 0.6) is 0 Å². The monoisotopic (exact) mass is 283 g/mol. The Kier molecular flexibility index (Phi) is 8.12. The van der Waals surface area contributed by atoms with Gasteiger partial charge in [-0.15, -0.1) is 24.8 Å². The first-order valence-corrected chi connectivity index (χ1v) is 6.03. The molecule has 0 aliphatic carbocycles. The zero-order valence-electron chi connectivity index (χ0n) is 10.1. The maximum Gasteiger partial charge on any atom is 0.236 e. The van der Waals surface area contributed by atoms with Crippen molar-refractivity contribution in [2.24, 2.45) is 5.73 Å². The van der Waals surface area contributed by atoms with Crippen molar-refractivity contribution in [1.82, 2.24) is 9.80 Å². The quantitative estimate of drug-likeness (QED) is 0.819. The molecule has 2 aliphatic rings. The van der Waals surface area contributed by atoms with Gasteiger partial charge in [0.15, 0.2) is 0 Å². The third-order valence-corrected chi connectivity index (χ3v) is 3.65. The van der Waals surface area contributed by atoms with Gasteiger partial charge in [0.05, 0.1) is 6.54 Å². The summed E-state index contributed by atoms with van der Waals surface area (Å²) in [6, 6.07) is 0.717. The third-order valence-electron chi connectivity index (χ3n) is 3.65. The van der Waals surface area contributed by atoms with Crippen molar-refractivity contribution in [2.75, 3.05) is 32.7 Å². The molecule has 2 rings (SSSR count). The summed E-state index contributed by atoms with van der Waals surface area (Å²) in [6.45, 7) is 4.48. The number of piperidine rings is 1. The minimum atomic E-state index is 0. The molecule has 6 heteroatoms. The normalized spacial score (nSPS) is 21.8. The van der Waals surface area contributed by atoms with Crippen LogP contribution in [0.15, 0.2) is 0 Å². The van der Waals surface area contributed by atoms with Crippen molar-refractivity contribution in [1.29, 1.82) is 0 Å². The highest BCUT2D eigenvalue weighted by Gasteiger charge is 2.27. The molecule has 0 saturated carbocycles. The minimum Gasteiger partial charge on any atom is -0.341 e. The van der Waals surface area contributed by atoms with Crippen LogP contribution in [0.4, 0.5) is 0 Å². The first-order chi connectivity index (χ1) is 7.31. The number of nitrogens with zero attached hydrogens (tertiary/aromatic N) is 2. The van der Waals surface area contributed by atoms with Crippen molar-refractivity contribution in [3.63, 3.8) is 0 Å². The van der Waals surface area contributed by atoms with Gasteiger partial charge in [0, 0.05) is 19.1 Å². The van der Waals surface area contributed by atoms with E-state index in [0.29, 0.717) is 6.04 Å². The molecule has 2 heterocycles. The van der Waals surface area contributed by atoms with Crippen LogP contribution in [-0.2, 0) is 4.79 Å². The number of halogens is 2. The minimum absolute atomic E-state index is 0. The molecule has 0 aromatic heterocycles. The summed E-state index contributed by atoms with van der Waals surface area (Å²) in [5, 5.41) is 0. The van der Waals surface area contributed by atoms with Gasteiger partial charge in [-0.1, -0.05) is 0 Å². The van der Waals surface area contributed by atoms with Crippen LogP contribution in [-0.4, -0.2) is 54.5 Å². The summed E-state index contributed by atoms with van der Waals surface area (Å²) in [7, 11) is 0. The number of hydrogen-bond donors (Lipinski definition) is 1. The molecular formula is C11H23Cl2N3O. The Balaban J connectivity index is 0.00000128. The highest BCUT2D eigenvalue weighted by molar-refractivity contribution is 5.85. The Morgan fingerprint density at radius 3 is 2.06 bits per heavy atom. The van der Waals surface area contributed by atoms with Crippen LogP contribution in [0.25, 0.3) is 0 Å². The molecule has 2 aliphatic heterocycles. The van der Waals surface area contributed by atoms with E-state index in [1.54, 1.807) is 0 Å². The Bertz CT molecular complexity index is 227. The molecule has 0 radical (unpaired) electrons. The van der Waals surface area contributed by atoms with Gasteiger partial charge in [-0.3, -0.25) is 4.79 Å². The fraction of sp³-hybridized carbons (Fsp3) is 0.909. The second kappa shape index (κ2) is 8.14. The van der Waals surface area contributed by atoms with Crippen LogP contribution < -0.4 is 5.73 Å². The van der Waals surface area contributed by atoms with Gasteiger partial charge >= 0.3 is 0 Å². The van der Waals surface area contributed by atoms with Gasteiger partial charge in [-0.05, 0) is 38.8 Å². The fourth-order valence-electron chi connectivity index (χ4n) is 2.72. The lowest BCUT2D eigenvalue weighted by atomic mass is 10.0. The zero-order chi connectivity index (χ0) is 10.7. The number of nitrogens with two attached hydrogens (primary N) is 1. The molecule has 17 heavy (non-hydrogen) atoms. The first-order valence-electron chi connectivity index (χ1n) is 6.03. The lowest BCUT2D eigenvalue weighted by Crippen LogP contribution is -2.47. The van der Waals surface area contributed by atoms with Crippen molar-refractivity contribution in [3.8, 4) is 0 Å². The molecule has 2 saturated heterocycles. The van der Waals surface area contributed by atoms with Crippen molar-refractivity contribution in [3.05, 3.63) is 0 Å². The van der Waals surface area contributed by atoms with Crippen LogP contribution in [0.1, 0.15) is 25.7 Å². The second-order valence-corrected chi connectivity index (χ2v) is 4.56. The molecular weight excluding hydrogens is 261 g/mol. The van der Waals surface area contributed by atoms with Crippen molar-refractivity contribution >= 4 is 30.7 Å². The van der Waals surface area contributed by atoms with Gasteiger partial charge in [-0.2, -0.15) is 0 Å². The average molecular weight is 284 g/mol. The average Bonchev–Trinajstić information content (AvgIpc) is 2.82. The Labute approximate surface area is 116 Å². The van der Waals surface area contributed by atoms with E-state index in [-0.39, 0.29) is 37.3 Å². The number of carbonyl (C=O) groups excluding carboxylic acids is 1. The van der Waals surface area contributed by atoms with E-state index in [1.165, 1.54) is 25.9 Å². The van der Waals surface area contributed by atoms with E-state index in [4.69, 9.17) is 5.73 Å². The van der Waals surface area contributed by atoms with Crippen molar-refractivity contribution in [2.45, 2.75) is 31.7 Å². The summed E-state index contributed by atoms with van der Waals surface area (Å²) in [4.78, 5) is 15.9. The topological polar surface area (TPSA) is 49.6 Å². The largest absolute Gasteiger partial charge is 0.341 e. The zero-order valence-corrected chi connectivity index (χ0v) is 11.8. The van der Waals surface area contributed by atoms with Gasteiger partial charge in [-0.25, -0.2) is 0 Å². The highest BCUT2D eigenvalue weighted by Crippen LogP contribution is 2.20. The smallest absolute Gasteiger partial charge is 0.236 e. The lowest BCUT2D eigenvalue weighted by molar-refractivity contribution is -0.131. The third kappa shape index (κ3) is 4.28. The standard InChI is InChI=1S/C11H21N3O.2ClH/c12-9-11(15)14-7-3-10(4-8-14)13-5-1-2-6-13;;/h10H,1-9,12H2;2*1H.